The summed E-state index contributed by atoms with van der Waals surface area (Å²) in [7, 11) is 0. The summed E-state index contributed by atoms with van der Waals surface area (Å²) in [6, 6.07) is 0. The molecule has 0 atom stereocenters. The third-order valence-corrected chi connectivity index (χ3v) is 0.631. The fourth-order valence-electron chi connectivity index (χ4n) is 0.342. The molecule has 1 aromatic rings. The van der Waals surface area contributed by atoms with Crippen LogP contribution >= 0.6 is 0 Å². The Bertz CT molecular complexity index is 149. The number of aromatic nitrogens is 2. The lowest BCUT2D eigenvalue weighted by molar-refractivity contribution is 0.111. The number of rotatable bonds is 1. The van der Waals surface area contributed by atoms with Gasteiger partial charge in [0, 0.05) is 13.8 Å². The molecule has 1 N–H and O–H groups in total. The number of H-pyrrole nitrogens is 1. The maximum Gasteiger partial charge on any atom is 0.185 e. The van der Waals surface area contributed by atoms with E-state index >= 15 is 0 Å². The van der Waals surface area contributed by atoms with E-state index < -0.39 is 0 Å². The molecule has 0 aromatic carbocycles. The van der Waals surface area contributed by atoms with Crippen LogP contribution in [-0.4, -0.2) is 16.3 Å². The molecule has 1 aromatic heterocycles. The van der Waals surface area contributed by atoms with Crippen LogP contribution in [0.4, 0.5) is 0 Å². The number of hydrogen-bond donors (Lipinski definition) is 1. The standard InChI is InChI=1S/C4H4N2O.H2/c7-3-4-5-1-2-6-4;/h1-3H,(H,5,6);1H. The van der Waals surface area contributed by atoms with Crippen molar-refractivity contribution in [2.75, 3.05) is 0 Å². The predicted octanol–water partition coefficient (Wildman–Crippen LogP) is 0.468. The zero-order valence-corrected chi connectivity index (χ0v) is 3.59. The molecular formula is C4H6N2O. The topological polar surface area (TPSA) is 45.8 Å². The van der Waals surface area contributed by atoms with Gasteiger partial charge >= 0.3 is 0 Å². The van der Waals surface area contributed by atoms with E-state index in [9.17, 15) is 4.79 Å². The molecule has 0 fully saturated rings. The summed E-state index contributed by atoms with van der Waals surface area (Å²) in [5, 5.41) is 0. The number of aromatic amines is 1. The number of carbonyl (C=O) groups excluding carboxylic acids is 1. The molecular weight excluding hydrogens is 92.1 g/mol. The number of nitrogens with one attached hydrogen (secondary N) is 1. The third-order valence-electron chi connectivity index (χ3n) is 0.631. The van der Waals surface area contributed by atoms with Crippen molar-refractivity contribution in [1.82, 2.24) is 9.97 Å². The summed E-state index contributed by atoms with van der Waals surface area (Å²) in [6.07, 6.45) is 3.80. The van der Waals surface area contributed by atoms with E-state index in [1.54, 1.807) is 6.20 Å². The lowest BCUT2D eigenvalue weighted by atomic mass is 10.7. The Morgan fingerprint density at radius 1 is 2.00 bits per heavy atom. The maximum atomic E-state index is 9.77. The van der Waals surface area contributed by atoms with Crippen molar-refractivity contribution in [1.29, 1.82) is 0 Å². The second kappa shape index (κ2) is 1.55. The average Bonchev–Trinajstić information content (AvgIpc) is 2.14. The fourth-order valence-corrected chi connectivity index (χ4v) is 0.342. The average molecular weight is 98.1 g/mol. The Morgan fingerprint density at radius 2 is 2.86 bits per heavy atom. The highest BCUT2D eigenvalue weighted by Crippen LogP contribution is 1.77. The molecule has 0 bridgehead atoms. The van der Waals surface area contributed by atoms with E-state index in [2.05, 4.69) is 9.97 Å². The molecule has 1 heterocycles. The Balaban J connectivity index is 0.000000490. The molecule has 38 valence electrons. The Morgan fingerprint density at radius 3 is 3.14 bits per heavy atom. The Kier molecular flexibility index (Phi) is 0.898. The number of nitrogens with zero attached hydrogens (tertiary/aromatic N) is 1. The first kappa shape index (κ1) is 4.05. The zero-order chi connectivity index (χ0) is 5.11. The molecule has 0 amide bonds. The van der Waals surface area contributed by atoms with Crippen molar-refractivity contribution >= 4 is 6.29 Å². The highest BCUT2D eigenvalue weighted by Gasteiger charge is 1.82. The van der Waals surface area contributed by atoms with Crippen LogP contribution in [0.2, 0.25) is 0 Å². The van der Waals surface area contributed by atoms with E-state index in [1.165, 1.54) is 6.20 Å². The van der Waals surface area contributed by atoms with Crippen LogP contribution in [0.5, 0.6) is 0 Å². The number of carbonyl (C=O) groups is 1. The smallest absolute Gasteiger partial charge is 0.185 e. The lowest BCUT2D eigenvalue weighted by Crippen LogP contribution is -1.78. The molecule has 0 aliphatic carbocycles. The van der Waals surface area contributed by atoms with Gasteiger partial charge in [-0.3, -0.25) is 4.79 Å². The Labute approximate surface area is 41.9 Å². The number of imidazole rings is 1. The van der Waals surface area contributed by atoms with Gasteiger partial charge in [-0.2, -0.15) is 0 Å². The van der Waals surface area contributed by atoms with Gasteiger partial charge < -0.3 is 4.98 Å². The molecule has 0 aliphatic rings. The predicted molar refractivity (Wildman–Crippen MR) is 26.1 cm³/mol. The van der Waals surface area contributed by atoms with Crippen LogP contribution in [0.15, 0.2) is 12.4 Å². The second-order valence-corrected chi connectivity index (χ2v) is 1.09. The molecule has 0 spiro atoms. The third kappa shape index (κ3) is 0.652. The molecule has 3 nitrogen and oxygen atoms in total. The summed E-state index contributed by atoms with van der Waals surface area (Å²) < 4.78 is 0. The molecule has 1 rings (SSSR count). The summed E-state index contributed by atoms with van der Waals surface area (Å²) >= 11 is 0. The first-order valence-corrected chi connectivity index (χ1v) is 1.88. The second-order valence-electron chi connectivity index (χ2n) is 1.09. The molecule has 0 radical (unpaired) electrons. The maximum absolute atomic E-state index is 9.77. The van der Waals surface area contributed by atoms with Crippen molar-refractivity contribution < 1.29 is 6.22 Å². The SMILES string of the molecule is O=Cc1ncc[nH]1.[HH]. The van der Waals surface area contributed by atoms with Gasteiger partial charge in [0.25, 0.3) is 0 Å². The van der Waals surface area contributed by atoms with Crippen molar-refractivity contribution in [3.63, 3.8) is 0 Å². The summed E-state index contributed by atoms with van der Waals surface area (Å²) in [4.78, 5) is 16.0. The molecule has 0 aliphatic heterocycles. The first-order valence-electron chi connectivity index (χ1n) is 1.88. The monoisotopic (exact) mass is 98.0 g/mol. The van der Waals surface area contributed by atoms with Crippen LogP contribution in [0.1, 0.15) is 12.0 Å². The molecule has 0 saturated heterocycles. The van der Waals surface area contributed by atoms with Crippen molar-refractivity contribution in [2.45, 2.75) is 0 Å². The first-order chi connectivity index (χ1) is 3.43. The van der Waals surface area contributed by atoms with E-state index in [4.69, 9.17) is 0 Å². The van der Waals surface area contributed by atoms with Crippen LogP contribution in [-0.2, 0) is 0 Å². The summed E-state index contributed by atoms with van der Waals surface area (Å²) in [5.74, 6) is 0.375. The van der Waals surface area contributed by atoms with Gasteiger partial charge in [0.2, 0.25) is 0 Å². The highest BCUT2D eigenvalue weighted by molar-refractivity contribution is 5.68. The molecule has 3 heteroatoms. The van der Waals surface area contributed by atoms with Gasteiger partial charge in [0.05, 0.1) is 0 Å². The normalized spacial score (nSPS) is 8.57. The van der Waals surface area contributed by atoms with Crippen LogP contribution < -0.4 is 0 Å². The minimum Gasteiger partial charge on any atom is -0.342 e. The van der Waals surface area contributed by atoms with E-state index in [0.29, 0.717) is 12.1 Å². The van der Waals surface area contributed by atoms with Crippen molar-refractivity contribution in [3.8, 4) is 0 Å². The fraction of sp³-hybridized carbons (Fsp3) is 0. The van der Waals surface area contributed by atoms with Gasteiger partial charge in [0.15, 0.2) is 12.1 Å². The largest absolute Gasteiger partial charge is 0.342 e. The molecule has 0 saturated carbocycles. The number of aldehydes is 1. The zero-order valence-electron chi connectivity index (χ0n) is 3.59. The van der Waals surface area contributed by atoms with Gasteiger partial charge in [-0.25, -0.2) is 4.98 Å². The van der Waals surface area contributed by atoms with Crippen molar-refractivity contribution in [2.24, 2.45) is 0 Å². The minimum absolute atomic E-state index is 0. The molecule has 0 unspecified atom stereocenters. The van der Waals surface area contributed by atoms with Gasteiger partial charge in [0.1, 0.15) is 0 Å². The minimum atomic E-state index is 0. The summed E-state index contributed by atoms with van der Waals surface area (Å²) in [5.41, 5.74) is 0. The van der Waals surface area contributed by atoms with E-state index in [0.717, 1.165) is 0 Å². The highest BCUT2D eigenvalue weighted by atomic mass is 16.1. The van der Waals surface area contributed by atoms with Gasteiger partial charge in [-0.15, -0.1) is 0 Å². The molecule has 7 heavy (non-hydrogen) atoms. The quantitative estimate of drug-likeness (QED) is 0.519. The van der Waals surface area contributed by atoms with Gasteiger partial charge in [-0.1, -0.05) is 0 Å². The van der Waals surface area contributed by atoms with E-state index in [-0.39, 0.29) is 1.43 Å². The lowest BCUT2D eigenvalue weighted by Gasteiger charge is -1.68. The Hall–Kier alpha value is -1.12. The van der Waals surface area contributed by atoms with Crippen LogP contribution in [0.25, 0.3) is 0 Å². The summed E-state index contributed by atoms with van der Waals surface area (Å²) in [6.45, 7) is 0. The van der Waals surface area contributed by atoms with Crippen LogP contribution in [0, 0.1) is 0 Å². The van der Waals surface area contributed by atoms with E-state index in [1.807, 2.05) is 0 Å². The van der Waals surface area contributed by atoms with Crippen molar-refractivity contribution in [3.05, 3.63) is 18.2 Å². The van der Waals surface area contributed by atoms with Crippen LogP contribution in [0.3, 0.4) is 0 Å². The number of hydrogen-bond acceptors (Lipinski definition) is 2. The van der Waals surface area contributed by atoms with Gasteiger partial charge in [-0.05, 0) is 0 Å².